The molecule has 1 fully saturated rings. The maximum Gasteiger partial charge on any atom is 0.191 e. The van der Waals surface area contributed by atoms with Gasteiger partial charge in [0.15, 0.2) is 5.96 Å². The first-order valence-electron chi connectivity index (χ1n) is 8.94. The van der Waals surface area contributed by atoms with E-state index in [-0.39, 0.29) is 29.6 Å². The van der Waals surface area contributed by atoms with Crippen molar-refractivity contribution in [3.05, 3.63) is 0 Å². The van der Waals surface area contributed by atoms with Crippen LogP contribution < -0.4 is 10.6 Å². The van der Waals surface area contributed by atoms with E-state index in [4.69, 9.17) is 4.74 Å². The van der Waals surface area contributed by atoms with Gasteiger partial charge in [-0.05, 0) is 58.7 Å². The molecule has 23 heavy (non-hydrogen) atoms. The fourth-order valence-corrected chi connectivity index (χ4v) is 2.94. The lowest BCUT2D eigenvalue weighted by molar-refractivity contribution is 0.0243. The Balaban J connectivity index is 0.00000484. The Morgan fingerprint density at radius 2 is 1.87 bits per heavy atom. The monoisotopic (exact) mass is 440 g/mol. The summed E-state index contributed by atoms with van der Waals surface area (Å²) in [6.45, 7) is 12.9. The molecule has 1 heterocycles. The average molecular weight is 440 g/mol. The maximum absolute atomic E-state index is 5.79. The average Bonchev–Trinajstić information content (AvgIpc) is 2.94. The van der Waals surface area contributed by atoms with E-state index < -0.39 is 0 Å². The summed E-state index contributed by atoms with van der Waals surface area (Å²) in [6.07, 6.45) is 5.90. The quantitative estimate of drug-likeness (QED) is 0.238. The third-order valence-electron chi connectivity index (χ3n) is 4.18. The van der Waals surface area contributed by atoms with Crippen molar-refractivity contribution in [1.29, 1.82) is 0 Å². The predicted octanol–water partition coefficient (Wildman–Crippen LogP) is 2.85. The fraction of sp³-hybridized carbons (Fsp3) is 0.941. The summed E-state index contributed by atoms with van der Waals surface area (Å²) in [7, 11) is 1.83. The van der Waals surface area contributed by atoms with Gasteiger partial charge in [0.05, 0.1) is 5.60 Å². The number of hydrogen-bond donors (Lipinski definition) is 2. The molecule has 2 N–H and O–H groups in total. The summed E-state index contributed by atoms with van der Waals surface area (Å²) in [5.74, 6) is 0.884. The smallest absolute Gasteiger partial charge is 0.191 e. The van der Waals surface area contributed by atoms with Crippen LogP contribution in [0.1, 0.15) is 52.9 Å². The predicted molar refractivity (Wildman–Crippen MR) is 110 cm³/mol. The molecular weight excluding hydrogens is 403 g/mol. The number of hydrogen-bond acceptors (Lipinski definition) is 3. The summed E-state index contributed by atoms with van der Waals surface area (Å²) in [5.41, 5.74) is -0.0311. The summed E-state index contributed by atoms with van der Waals surface area (Å²) in [5, 5.41) is 6.80. The Morgan fingerprint density at radius 1 is 1.17 bits per heavy atom. The number of guanidine groups is 1. The molecule has 0 aromatic carbocycles. The molecule has 0 aromatic rings. The number of rotatable bonds is 10. The normalized spacial score (nSPS) is 21.3. The highest BCUT2D eigenvalue weighted by Gasteiger charge is 2.29. The van der Waals surface area contributed by atoms with Gasteiger partial charge in [-0.2, -0.15) is 0 Å². The van der Waals surface area contributed by atoms with E-state index in [1.165, 1.54) is 25.9 Å². The van der Waals surface area contributed by atoms with Crippen LogP contribution >= 0.6 is 24.0 Å². The number of aliphatic imine (C=N–C) groups is 1. The molecule has 0 aliphatic carbocycles. The summed E-state index contributed by atoms with van der Waals surface area (Å²) in [6, 6.07) is 0. The molecule has 1 aliphatic heterocycles. The highest BCUT2D eigenvalue weighted by atomic mass is 127. The number of nitrogens with one attached hydrogen (secondary N) is 2. The second kappa shape index (κ2) is 13.2. The zero-order valence-electron chi connectivity index (χ0n) is 15.5. The minimum absolute atomic E-state index is 0. The lowest BCUT2D eigenvalue weighted by atomic mass is 10.0. The Kier molecular flexibility index (Phi) is 13.2. The zero-order valence-corrected chi connectivity index (χ0v) is 17.8. The molecule has 0 saturated carbocycles. The molecule has 6 heteroatoms. The van der Waals surface area contributed by atoms with Gasteiger partial charge in [0.1, 0.15) is 0 Å². The van der Waals surface area contributed by atoms with Crippen molar-refractivity contribution in [2.24, 2.45) is 4.99 Å². The standard InChI is InChI=1S/C17H36N4O.HI/c1-5-11-21(12-6-2)13-8-10-19-16(18-4)20-15-17(3)9-7-14-22-17;/h5-15H2,1-4H3,(H2,18,19,20);1H. The molecule has 0 radical (unpaired) electrons. The molecule has 1 atom stereocenters. The molecule has 0 spiro atoms. The lowest BCUT2D eigenvalue weighted by Crippen LogP contribution is -2.46. The highest BCUT2D eigenvalue weighted by molar-refractivity contribution is 14.0. The van der Waals surface area contributed by atoms with E-state index in [0.29, 0.717) is 0 Å². The van der Waals surface area contributed by atoms with Crippen LogP contribution in [0.5, 0.6) is 0 Å². The van der Waals surface area contributed by atoms with Crippen molar-refractivity contribution in [3.8, 4) is 0 Å². The molecule has 138 valence electrons. The number of ether oxygens (including phenoxy) is 1. The van der Waals surface area contributed by atoms with Crippen molar-refractivity contribution in [3.63, 3.8) is 0 Å². The van der Waals surface area contributed by atoms with E-state index in [9.17, 15) is 0 Å². The molecule has 1 unspecified atom stereocenters. The Morgan fingerprint density at radius 3 is 2.39 bits per heavy atom. The van der Waals surface area contributed by atoms with Gasteiger partial charge in [-0.15, -0.1) is 24.0 Å². The van der Waals surface area contributed by atoms with Crippen LogP contribution in [0.4, 0.5) is 0 Å². The Labute approximate surface area is 160 Å². The summed E-state index contributed by atoms with van der Waals surface area (Å²) < 4.78 is 5.79. The first-order valence-corrected chi connectivity index (χ1v) is 8.94. The third-order valence-corrected chi connectivity index (χ3v) is 4.18. The lowest BCUT2D eigenvalue weighted by Gasteiger charge is -2.25. The third kappa shape index (κ3) is 9.72. The molecule has 0 aromatic heterocycles. The van der Waals surface area contributed by atoms with Gasteiger partial charge >= 0.3 is 0 Å². The molecule has 0 bridgehead atoms. The first kappa shape index (κ1) is 22.9. The van der Waals surface area contributed by atoms with Gasteiger partial charge in [0.2, 0.25) is 0 Å². The van der Waals surface area contributed by atoms with Crippen LogP contribution in [0, 0.1) is 0 Å². The number of halogens is 1. The van der Waals surface area contributed by atoms with Gasteiger partial charge < -0.3 is 20.3 Å². The minimum atomic E-state index is -0.0311. The first-order chi connectivity index (χ1) is 10.6. The van der Waals surface area contributed by atoms with Gasteiger partial charge in [0.25, 0.3) is 0 Å². The maximum atomic E-state index is 5.79. The van der Waals surface area contributed by atoms with Gasteiger partial charge in [-0.3, -0.25) is 4.99 Å². The zero-order chi connectivity index (χ0) is 16.3. The minimum Gasteiger partial charge on any atom is -0.373 e. The van der Waals surface area contributed by atoms with E-state index in [2.05, 4.69) is 41.3 Å². The number of nitrogens with zero attached hydrogens (tertiary/aromatic N) is 2. The van der Waals surface area contributed by atoms with Crippen LogP contribution in [-0.4, -0.2) is 62.8 Å². The van der Waals surface area contributed by atoms with Crippen LogP contribution in [0.25, 0.3) is 0 Å². The van der Waals surface area contributed by atoms with E-state index in [1.807, 2.05) is 7.05 Å². The molecule has 1 rings (SSSR count). The SMILES string of the molecule is CCCN(CCC)CCCNC(=NC)NCC1(C)CCCO1.I. The van der Waals surface area contributed by atoms with E-state index in [1.54, 1.807) is 0 Å². The Bertz CT molecular complexity index is 314. The van der Waals surface area contributed by atoms with Gasteiger partial charge in [-0.1, -0.05) is 13.8 Å². The van der Waals surface area contributed by atoms with Crippen molar-refractivity contribution in [1.82, 2.24) is 15.5 Å². The van der Waals surface area contributed by atoms with Crippen molar-refractivity contribution in [2.75, 3.05) is 46.4 Å². The molecular formula is C17H37IN4O. The molecule has 1 saturated heterocycles. The van der Waals surface area contributed by atoms with Crippen molar-refractivity contribution < 1.29 is 4.74 Å². The van der Waals surface area contributed by atoms with Gasteiger partial charge in [0, 0.05) is 26.7 Å². The summed E-state index contributed by atoms with van der Waals surface area (Å²) in [4.78, 5) is 6.84. The second-order valence-corrected chi connectivity index (χ2v) is 6.45. The molecule has 5 nitrogen and oxygen atoms in total. The van der Waals surface area contributed by atoms with Crippen LogP contribution in [0.15, 0.2) is 4.99 Å². The van der Waals surface area contributed by atoms with Crippen molar-refractivity contribution in [2.45, 2.75) is 58.5 Å². The molecule has 1 aliphatic rings. The van der Waals surface area contributed by atoms with Crippen molar-refractivity contribution >= 4 is 29.9 Å². The molecule has 0 amide bonds. The van der Waals surface area contributed by atoms with E-state index in [0.717, 1.165) is 51.5 Å². The largest absolute Gasteiger partial charge is 0.373 e. The second-order valence-electron chi connectivity index (χ2n) is 6.45. The fourth-order valence-electron chi connectivity index (χ4n) is 2.94. The van der Waals surface area contributed by atoms with Crippen LogP contribution in [0.2, 0.25) is 0 Å². The summed E-state index contributed by atoms with van der Waals surface area (Å²) >= 11 is 0. The topological polar surface area (TPSA) is 48.9 Å². The van der Waals surface area contributed by atoms with Crippen LogP contribution in [0.3, 0.4) is 0 Å². The highest BCUT2D eigenvalue weighted by Crippen LogP contribution is 2.23. The van der Waals surface area contributed by atoms with Crippen LogP contribution in [-0.2, 0) is 4.74 Å². The van der Waals surface area contributed by atoms with E-state index >= 15 is 0 Å². The van der Waals surface area contributed by atoms with Gasteiger partial charge in [-0.25, -0.2) is 0 Å². The Hall–Kier alpha value is -0.0800.